The number of methoxy groups -OCH3 is 1. The third-order valence-corrected chi connectivity index (χ3v) is 6.66. The summed E-state index contributed by atoms with van der Waals surface area (Å²) in [6.45, 7) is 11.4. The number of anilines is 1. The number of thiazole rings is 1. The molecular formula is C21H28ClN5O2S. The van der Waals surface area contributed by atoms with E-state index in [9.17, 15) is 4.79 Å². The maximum absolute atomic E-state index is 13.3. The average Bonchev–Trinajstić information content (AvgIpc) is 3.29. The Balaban J connectivity index is 1.96. The first-order valence-corrected chi connectivity index (χ1v) is 11.2. The van der Waals surface area contributed by atoms with Gasteiger partial charge in [-0.15, -0.1) is 0 Å². The van der Waals surface area contributed by atoms with Crippen molar-refractivity contribution in [3.05, 3.63) is 34.6 Å². The highest BCUT2D eigenvalue weighted by Crippen LogP contribution is 2.38. The minimum atomic E-state index is -0.0532. The number of aryl methyl sites for hydroxylation is 2. The molecule has 0 aliphatic rings. The topological polar surface area (TPSA) is 63.5 Å². The van der Waals surface area contributed by atoms with Gasteiger partial charge in [-0.3, -0.25) is 14.4 Å². The van der Waals surface area contributed by atoms with Crippen molar-refractivity contribution in [2.45, 2.75) is 34.2 Å². The number of rotatable bonds is 9. The lowest BCUT2D eigenvalue weighted by Crippen LogP contribution is -2.40. The number of aromatic nitrogens is 3. The number of fused-ring (bicyclic) bond motifs is 1. The van der Waals surface area contributed by atoms with E-state index >= 15 is 0 Å². The summed E-state index contributed by atoms with van der Waals surface area (Å²) in [5.74, 6) is 0.592. The second-order valence-corrected chi connectivity index (χ2v) is 8.47. The summed E-state index contributed by atoms with van der Waals surface area (Å²) < 4.78 is 8.00. The van der Waals surface area contributed by atoms with Crippen LogP contribution in [0.15, 0.2) is 18.2 Å². The SMILES string of the molecule is CCN(CC)CCN(C(=O)Cn1nc(C)cc1C)c1nc2c(OC)ccc(Cl)c2s1. The number of likely N-dealkylation sites (N-methyl/N-ethyl adjacent to an activating group) is 1. The molecule has 162 valence electrons. The first-order chi connectivity index (χ1) is 14.4. The summed E-state index contributed by atoms with van der Waals surface area (Å²) in [5.41, 5.74) is 2.53. The Morgan fingerprint density at radius 1 is 1.23 bits per heavy atom. The number of hydrogen-bond acceptors (Lipinski definition) is 6. The van der Waals surface area contributed by atoms with E-state index in [0.717, 1.165) is 35.7 Å². The molecule has 2 aromatic heterocycles. The second kappa shape index (κ2) is 9.76. The van der Waals surface area contributed by atoms with Crippen molar-refractivity contribution in [1.82, 2.24) is 19.7 Å². The van der Waals surface area contributed by atoms with Gasteiger partial charge in [0, 0.05) is 18.8 Å². The molecule has 9 heteroatoms. The Morgan fingerprint density at radius 2 is 1.97 bits per heavy atom. The van der Waals surface area contributed by atoms with Crippen LogP contribution in [0.1, 0.15) is 25.2 Å². The van der Waals surface area contributed by atoms with E-state index in [-0.39, 0.29) is 12.5 Å². The molecule has 0 unspecified atom stereocenters. The van der Waals surface area contributed by atoms with Crippen LogP contribution in [0.4, 0.5) is 5.13 Å². The van der Waals surface area contributed by atoms with E-state index < -0.39 is 0 Å². The highest BCUT2D eigenvalue weighted by atomic mass is 35.5. The Morgan fingerprint density at radius 3 is 2.57 bits per heavy atom. The van der Waals surface area contributed by atoms with Crippen LogP contribution in [-0.2, 0) is 11.3 Å². The first kappa shape index (κ1) is 22.5. The monoisotopic (exact) mass is 449 g/mol. The Labute approximate surface area is 186 Å². The molecule has 0 atom stereocenters. The quantitative estimate of drug-likeness (QED) is 0.491. The molecular weight excluding hydrogens is 422 g/mol. The van der Waals surface area contributed by atoms with Crippen molar-refractivity contribution in [2.24, 2.45) is 0 Å². The highest BCUT2D eigenvalue weighted by Gasteiger charge is 2.23. The van der Waals surface area contributed by atoms with Crippen molar-refractivity contribution in [3.8, 4) is 5.75 Å². The molecule has 7 nitrogen and oxygen atoms in total. The molecule has 0 saturated heterocycles. The van der Waals surface area contributed by atoms with Gasteiger partial charge in [-0.1, -0.05) is 36.8 Å². The smallest absolute Gasteiger partial charge is 0.250 e. The van der Waals surface area contributed by atoms with E-state index in [0.29, 0.717) is 28.0 Å². The van der Waals surface area contributed by atoms with Crippen LogP contribution >= 0.6 is 22.9 Å². The molecule has 0 N–H and O–H groups in total. The second-order valence-electron chi connectivity index (χ2n) is 7.08. The zero-order valence-corrected chi connectivity index (χ0v) is 19.7. The third kappa shape index (κ3) is 4.77. The molecule has 30 heavy (non-hydrogen) atoms. The van der Waals surface area contributed by atoms with Gasteiger partial charge < -0.3 is 9.64 Å². The Bertz CT molecular complexity index is 1030. The van der Waals surface area contributed by atoms with Crippen molar-refractivity contribution >= 4 is 44.2 Å². The molecule has 0 saturated carbocycles. The molecule has 2 heterocycles. The molecule has 1 aromatic carbocycles. The maximum atomic E-state index is 13.3. The van der Waals surface area contributed by atoms with Crippen LogP contribution in [0.3, 0.4) is 0 Å². The van der Waals surface area contributed by atoms with Gasteiger partial charge in [0.05, 0.1) is 22.5 Å². The molecule has 0 fully saturated rings. The summed E-state index contributed by atoms with van der Waals surface area (Å²) in [6.07, 6.45) is 0. The number of carbonyl (C=O) groups excluding carboxylic acids is 1. The van der Waals surface area contributed by atoms with E-state index in [1.807, 2.05) is 19.9 Å². The molecule has 0 bridgehead atoms. The van der Waals surface area contributed by atoms with Crippen LogP contribution in [-0.4, -0.2) is 58.9 Å². The summed E-state index contributed by atoms with van der Waals surface area (Å²) in [4.78, 5) is 22.1. The van der Waals surface area contributed by atoms with E-state index in [1.165, 1.54) is 11.3 Å². The van der Waals surface area contributed by atoms with Crippen LogP contribution in [0.25, 0.3) is 10.2 Å². The van der Waals surface area contributed by atoms with Crippen LogP contribution < -0.4 is 9.64 Å². The number of hydrogen-bond donors (Lipinski definition) is 0. The zero-order chi connectivity index (χ0) is 21.8. The van der Waals surface area contributed by atoms with Gasteiger partial charge in [0.2, 0.25) is 0 Å². The van der Waals surface area contributed by atoms with Crippen LogP contribution in [0, 0.1) is 13.8 Å². The average molecular weight is 450 g/mol. The number of amides is 1. The Hall–Kier alpha value is -2.16. The lowest BCUT2D eigenvalue weighted by atomic mass is 10.3. The van der Waals surface area contributed by atoms with E-state index in [1.54, 1.807) is 28.8 Å². The maximum Gasteiger partial charge on any atom is 0.250 e. The van der Waals surface area contributed by atoms with Gasteiger partial charge in [0.1, 0.15) is 17.8 Å². The molecule has 1 amide bonds. The minimum absolute atomic E-state index is 0.0532. The Kier molecular flexibility index (Phi) is 7.33. The van der Waals surface area contributed by atoms with Crippen LogP contribution in [0.5, 0.6) is 5.75 Å². The molecule has 3 aromatic rings. The number of halogens is 1. The lowest BCUT2D eigenvalue weighted by Gasteiger charge is -2.24. The number of benzene rings is 1. The molecule has 3 rings (SSSR count). The number of ether oxygens (including phenoxy) is 1. The third-order valence-electron chi connectivity index (χ3n) is 5.12. The highest BCUT2D eigenvalue weighted by molar-refractivity contribution is 7.23. The van der Waals surface area contributed by atoms with Crippen molar-refractivity contribution in [1.29, 1.82) is 0 Å². The van der Waals surface area contributed by atoms with Gasteiger partial charge in [-0.25, -0.2) is 4.98 Å². The van der Waals surface area contributed by atoms with Crippen molar-refractivity contribution < 1.29 is 9.53 Å². The fraction of sp³-hybridized carbons (Fsp3) is 0.476. The van der Waals surface area contributed by atoms with E-state index in [4.69, 9.17) is 21.3 Å². The standard InChI is InChI=1S/C21H28ClN5O2S/c1-6-25(7-2)10-11-26(18(28)13-27-15(4)12-14(3)24-27)21-23-19-17(29-5)9-8-16(22)20(19)30-21/h8-9,12H,6-7,10-11,13H2,1-5H3. The predicted molar refractivity (Wildman–Crippen MR) is 123 cm³/mol. The lowest BCUT2D eigenvalue weighted by molar-refractivity contribution is -0.119. The first-order valence-electron chi connectivity index (χ1n) is 10.0. The van der Waals surface area contributed by atoms with Crippen molar-refractivity contribution in [3.63, 3.8) is 0 Å². The normalized spacial score (nSPS) is 11.4. The largest absolute Gasteiger partial charge is 0.494 e. The number of nitrogens with zero attached hydrogens (tertiary/aromatic N) is 5. The van der Waals surface area contributed by atoms with Gasteiger partial charge in [0.15, 0.2) is 5.13 Å². The fourth-order valence-electron chi connectivity index (χ4n) is 3.38. The van der Waals surface area contributed by atoms with Gasteiger partial charge in [-0.05, 0) is 45.1 Å². The van der Waals surface area contributed by atoms with Crippen molar-refractivity contribution in [2.75, 3.05) is 38.2 Å². The number of carbonyl (C=O) groups is 1. The molecule has 0 aliphatic heterocycles. The minimum Gasteiger partial charge on any atom is -0.494 e. The summed E-state index contributed by atoms with van der Waals surface area (Å²) in [5, 5.41) is 5.66. The summed E-state index contributed by atoms with van der Waals surface area (Å²) >= 11 is 7.81. The molecule has 0 radical (unpaired) electrons. The molecule has 0 spiro atoms. The fourth-order valence-corrected chi connectivity index (χ4v) is 4.68. The van der Waals surface area contributed by atoms with Crippen LogP contribution in [0.2, 0.25) is 5.02 Å². The van der Waals surface area contributed by atoms with Gasteiger partial charge >= 0.3 is 0 Å². The zero-order valence-electron chi connectivity index (χ0n) is 18.1. The summed E-state index contributed by atoms with van der Waals surface area (Å²) in [7, 11) is 1.60. The predicted octanol–water partition coefficient (Wildman–Crippen LogP) is 4.15. The molecule has 0 aliphatic carbocycles. The van der Waals surface area contributed by atoms with Gasteiger partial charge in [-0.2, -0.15) is 5.10 Å². The summed E-state index contributed by atoms with van der Waals surface area (Å²) in [6, 6.07) is 5.56. The van der Waals surface area contributed by atoms with E-state index in [2.05, 4.69) is 23.8 Å². The van der Waals surface area contributed by atoms with Gasteiger partial charge in [0.25, 0.3) is 5.91 Å².